The van der Waals surface area contributed by atoms with Gasteiger partial charge < -0.3 is 21.5 Å². The van der Waals surface area contributed by atoms with Crippen molar-refractivity contribution in [1.82, 2.24) is 10.6 Å². The number of aromatic hydroxyl groups is 1. The monoisotopic (exact) mass is 557 g/mol. The molecule has 5 nitrogen and oxygen atoms in total. The van der Waals surface area contributed by atoms with Gasteiger partial charge >= 0.3 is 0 Å². The fourth-order valence-corrected chi connectivity index (χ4v) is 3.89. The lowest BCUT2D eigenvalue weighted by atomic mass is 10.0. The molecule has 36 heavy (non-hydrogen) atoms. The van der Waals surface area contributed by atoms with Crippen LogP contribution in [-0.4, -0.2) is 35.7 Å². The normalized spacial score (nSPS) is 13.5. The second-order valence-electron chi connectivity index (χ2n) is 9.39. The number of carbonyl (C=O) groups is 1. The molecule has 5 N–H and O–H groups in total. The van der Waals surface area contributed by atoms with E-state index in [2.05, 4.69) is 31.4 Å². The van der Waals surface area contributed by atoms with Crippen LogP contribution < -0.4 is 16.4 Å². The van der Waals surface area contributed by atoms with E-state index >= 15 is 0 Å². The highest BCUT2D eigenvalue weighted by Crippen LogP contribution is 2.14. The second-order valence-corrected chi connectivity index (χ2v) is 9.83. The Morgan fingerprint density at radius 2 is 1.72 bits per heavy atom. The molecular weight excluding hydrogens is 517 g/mol. The Bertz CT molecular complexity index is 890. The summed E-state index contributed by atoms with van der Waals surface area (Å²) in [5.74, 6) is 0.581. The highest BCUT2D eigenvalue weighted by atomic mass is 35.5. The zero-order valence-electron chi connectivity index (χ0n) is 21.5. The average molecular weight is 559 g/mol. The quantitative estimate of drug-likeness (QED) is 0.224. The lowest BCUT2D eigenvalue weighted by Crippen LogP contribution is -2.51. The van der Waals surface area contributed by atoms with Crippen LogP contribution in [0.25, 0.3) is 6.08 Å². The van der Waals surface area contributed by atoms with Crippen LogP contribution in [0.2, 0.25) is 5.02 Å². The van der Waals surface area contributed by atoms with Crippen molar-refractivity contribution in [2.24, 2.45) is 11.7 Å². The van der Waals surface area contributed by atoms with E-state index in [9.17, 15) is 9.90 Å². The molecule has 0 aliphatic rings. The van der Waals surface area contributed by atoms with Gasteiger partial charge in [0.15, 0.2) is 0 Å². The molecule has 0 saturated carbocycles. The van der Waals surface area contributed by atoms with Crippen LogP contribution in [0.1, 0.15) is 57.6 Å². The van der Waals surface area contributed by atoms with Gasteiger partial charge in [-0.15, -0.1) is 24.8 Å². The van der Waals surface area contributed by atoms with Crippen molar-refractivity contribution in [3.63, 3.8) is 0 Å². The topological polar surface area (TPSA) is 87.4 Å². The Hall–Kier alpha value is -1.76. The van der Waals surface area contributed by atoms with Crippen LogP contribution in [0.15, 0.2) is 54.6 Å². The van der Waals surface area contributed by atoms with Crippen molar-refractivity contribution in [1.29, 1.82) is 0 Å². The summed E-state index contributed by atoms with van der Waals surface area (Å²) in [6.45, 7) is 7.02. The molecule has 0 aliphatic carbocycles. The maximum Gasteiger partial charge on any atom is 0.237 e. The van der Waals surface area contributed by atoms with Gasteiger partial charge in [-0.1, -0.05) is 81.6 Å². The average Bonchev–Trinajstić information content (AvgIpc) is 2.80. The summed E-state index contributed by atoms with van der Waals surface area (Å²) in [5, 5.41) is 16.9. The molecule has 0 aromatic heterocycles. The van der Waals surface area contributed by atoms with Crippen LogP contribution in [-0.2, 0) is 11.2 Å². The largest absolute Gasteiger partial charge is 0.508 e. The summed E-state index contributed by atoms with van der Waals surface area (Å²) in [7, 11) is 0. The number of hydrogen-bond acceptors (Lipinski definition) is 4. The Morgan fingerprint density at radius 3 is 2.31 bits per heavy atom. The van der Waals surface area contributed by atoms with Gasteiger partial charge in [-0.05, 0) is 60.6 Å². The third-order valence-electron chi connectivity index (χ3n) is 5.69. The molecule has 0 bridgehead atoms. The molecule has 1 amide bonds. The summed E-state index contributed by atoms with van der Waals surface area (Å²) in [5.41, 5.74) is 8.28. The molecule has 0 saturated heterocycles. The summed E-state index contributed by atoms with van der Waals surface area (Å²) in [6, 6.07) is 14.1. The fraction of sp³-hybridized carbons (Fsp3) is 0.464. The molecule has 202 valence electrons. The molecule has 3 atom stereocenters. The highest BCUT2D eigenvalue weighted by molar-refractivity contribution is 6.30. The van der Waals surface area contributed by atoms with Crippen molar-refractivity contribution >= 4 is 48.4 Å². The molecule has 0 spiro atoms. The third kappa shape index (κ3) is 13.5. The van der Waals surface area contributed by atoms with Crippen LogP contribution in [0.3, 0.4) is 0 Å². The first-order valence-electron chi connectivity index (χ1n) is 12.3. The van der Waals surface area contributed by atoms with E-state index < -0.39 is 6.04 Å². The van der Waals surface area contributed by atoms with E-state index in [-0.39, 0.29) is 48.6 Å². The first-order valence-corrected chi connectivity index (χ1v) is 12.7. The Balaban J connectivity index is 0.00000612. The van der Waals surface area contributed by atoms with Gasteiger partial charge in [-0.25, -0.2) is 0 Å². The maximum atomic E-state index is 13.4. The molecule has 8 heteroatoms. The fourth-order valence-electron chi connectivity index (χ4n) is 3.77. The minimum absolute atomic E-state index is 0. The van der Waals surface area contributed by atoms with Crippen LogP contribution in [0.4, 0.5) is 0 Å². The predicted octanol–water partition coefficient (Wildman–Crippen LogP) is 6.15. The summed E-state index contributed by atoms with van der Waals surface area (Å²) in [4.78, 5) is 13.4. The first-order chi connectivity index (χ1) is 16.3. The van der Waals surface area contributed by atoms with Crippen LogP contribution in [0, 0.1) is 5.92 Å². The number of rotatable bonds is 14. The molecular formula is C28H42Cl3N3O2. The van der Waals surface area contributed by atoms with Gasteiger partial charge in [0.05, 0.1) is 6.04 Å². The van der Waals surface area contributed by atoms with Gasteiger partial charge in [-0.3, -0.25) is 4.79 Å². The maximum absolute atomic E-state index is 13.4. The number of carbonyl (C=O) groups excluding carboxylic acids is 1. The Morgan fingerprint density at radius 1 is 1.08 bits per heavy atom. The zero-order valence-corrected chi connectivity index (χ0v) is 23.8. The van der Waals surface area contributed by atoms with E-state index in [0.29, 0.717) is 23.9 Å². The molecule has 0 radical (unpaired) electrons. The summed E-state index contributed by atoms with van der Waals surface area (Å²) >= 11 is 5.99. The predicted molar refractivity (Wildman–Crippen MR) is 157 cm³/mol. The molecule has 2 aromatic rings. The highest BCUT2D eigenvalue weighted by Gasteiger charge is 2.22. The van der Waals surface area contributed by atoms with Crippen LogP contribution in [0.5, 0.6) is 5.75 Å². The number of amides is 1. The van der Waals surface area contributed by atoms with Crippen LogP contribution >= 0.6 is 36.4 Å². The van der Waals surface area contributed by atoms with E-state index in [1.165, 1.54) is 0 Å². The zero-order chi connectivity index (χ0) is 24.9. The number of hydrogen-bond donors (Lipinski definition) is 4. The van der Waals surface area contributed by atoms with E-state index in [0.717, 1.165) is 36.8 Å². The minimum atomic E-state index is -0.421. The van der Waals surface area contributed by atoms with E-state index in [1.54, 1.807) is 12.1 Å². The minimum Gasteiger partial charge on any atom is -0.508 e. The van der Waals surface area contributed by atoms with Gasteiger partial charge in [0.1, 0.15) is 5.75 Å². The third-order valence-corrected chi connectivity index (χ3v) is 5.94. The number of phenolic OH excluding ortho intramolecular Hbond substituents is 1. The first kappa shape index (κ1) is 34.2. The van der Waals surface area contributed by atoms with E-state index in [1.807, 2.05) is 48.6 Å². The lowest BCUT2D eigenvalue weighted by Gasteiger charge is -2.24. The molecule has 0 fully saturated rings. The SMILES string of the molecule is CCCC[C@H](N)CN[C@@H](Cc1ccc(O)cc1)C(=O)N[C@H](/C=C/c1ccc(Cl)cc1)CC(C)C.Cl.Cl. The van der Waals surface area contributed by atoms with Crippen molar-refractivity contribution in [2.45, 2.75) is 71.0 Å². The van der Waals surface area contributed by atoms with E-state index in [4.69, 9.17) is 17.3 Å². The second kappa shape index (κ2) is 18.5. The van der Waals surface area contributed by atoms with Crippen molar-refractivity contribution in [3.8, 4) is 5.75 Å². The molecule has 0 unspecified atom stereocenters. The standard InChI is InChI=1S/C28H40ClN3O2.2ClH/c1-4-5-6-24(30)19-31-27(18-22-10-15-26(33)16-11-22)28(34)32-25(17-20(2)3)14-9-21-7-12-23(29)13-8-21;;/h7-16,20,24-25,27,31,33H,4-6,17-19,30H2,1-3H3,(H,32,34);2*1H/b14-9+;;/t24-,25+,27-;;/m0../s1. The van der Waals surface area contributed by atoms with Crippen molar-refractivity contribution < 1.29 is 9.90 Å². The van der Waals surface area contributed by atoms with Gasteiger partial charge in [0.25, 0.3) is 0 Å². The number of halogens is 3. The smallest absolute Gasteiger partial charge is 0.237 e. The lowest BCUT2D eigenvalue weighted by molar-refractivity contribution is -0.123. The summed E-state index contributed by atoms with van der Waals surface area (Å²) < 4.78 is 0. The van der Waals surface area contributed by atoms with Gasteiger partial charge in [0, 0.05) is 23.7 Å². The molecule has 0 aliphatic heterocycles. The Kier molecular flexibility index (Phi) is 17.6. The van der Waals surface area contributed by atoms with Crippen molar-refractivity contribution in [3.05, 3.63) is 70.8 Å². The number of unbranched alkanes of at least 4 members (excludes halogenated alkanes) is 1. The van der Waals surface area contributed by atoms with Gasteiger partial charge in [0.2, 0.25) is 5.91 Å². The summed E-state index contributed by atoms with van der Waals surface area (Å²) in [6.07, 6.45) is 8.51. The molecule has 0 heterocycles. The van der Waals surface area contributed by atoms with Gasteiger partial charge in [-0.2, -0.15) is 0 Å². The molecule has 2 rings (SSSR count). The number of nitrogens with one attached hydrogen (secondary N) is 2. The number of phenols is 1. The molecule has 2 aromatic carbocycles. The number of nitrogens with two attached hydrogens (primary N) is 1. The Labute approximate surface area is 234 Å². The van der Waals surface area contributed by atoms with Crippen molar-refractivity contribution in [2.75, 3.05) is 6.54 Å². The number of benzene rings is 2.